The molecule has 86 valence electrons. The van der Waals surface area contributed by atoms with Gasteiger partial charge in [-0.05, 0) is 32.6 Å². The van der Waals surface area contributed by atoms with Crippen molar-refractivity contribution in [2.75, 3.05) is 5.88 Å². The Kier molecular flexibility index (Phi) is 4.94. The van der Waals surface area contributed by atoms with Crippen molar-refractivity contribution in [3.05, 3.63) is 16.4 Å². The normalized spacial score (nSPS) is 13.1. The fourth-order valence-electron chi connectivity index (χ4n) is 1.57. The van der Waals surface area contributed by atoms with E-state index in [0.29, 0.717) is 11.8 Å². The molecule has 0 aliphatic heterocycles. The molecule has 1 rings (SSSR count). The second-order valence-electron chi connectivity index (χ2n) is 3.96. The Morgan fingerprint density at radius 2 is 2.13 bits per heavy atom. The van der Waals surface area contributed by atoms with Crippen LogP contribution in [0, 0.1) is 12.8 Å². The highest BCUT2D eigenvalue weighted by molar-refractivity contribution is 6.31. The highest BCUT2D eigenvalue weighted by Gasteiger charge is 2.13. The molecule has 1 heterocycles. The Morgan fingerprint density at radius 3 is 2.67 bits per heavy atom. The van der Waals surface area contributed by atoms with Crippen LogP contribution in [0.5, 0.6) is 0 Å². The molecule has 0 aromatic carbocycles. The Balaban J connectivity index is 2.74. The van der Waals surface area contributed by atoms with Crippen LogP contribution in [0.2, 0.25) is 5.02 Å². The molecule has 1 aromatic heterocycles. The third-order valence-electron chi connectivity index (χ3n) is 2.59. The minimum absolute atomic E-state index is 0.531. The number of halogens is 2. The topological polar surface area (TPSA) is 17.8 Å². The SMILES string of the molecule is CCn1nc(C)c(Cl)c1CCC(C)CCl. The van der Waals surface area contributed by atoms with Gasteiger partial charge in [-0.15, -0.1) is 11.6 Å². The minimum atomic E-state index is 0.531. The smallest absolute Gasteiger partial charge is 0.0847 e. The van der Waals surface area contributed by atoms with Crippen molar-refractivity contribution in [2.45, 2.75) is 40.2 Å². The van der Waals surface area contributed by atoms with Gasteiger partial charge in [-0.3, -0.25) is 4.68 Å². The van der Waals surface area contributed by atoms with Gasteiger partial charge in [0.05, 0.1) is 16.4 Å². The molecule has 1 aromatic rings. The molecule has 0 radical (unpaired) electrons. The summed E-state index contributed by atoms with van der Waals surface area (Å²) in [5.74, 6) is 1.24. The summed E-state index contributed by atoms with van der Waals surface area (Å²) in [5, 5.41) is 5.20. The Bertz CT molecular complexity index is 321. The molecular formula is C11H18Cl2N2. The second kappa shape index (κ2) is 5.76. The number of hydrogen-bond donors (Lipinski definition) is 0. The Hall–Kier alpha value is -0.210. The molecule has 0 amide bonds. The zero-order valence-electron chi connectivity index (χ0n) is 9.56. The zero-order valence-corrected chi connectivity index (χ0v) is 11.1. The van der Waals surface area contributed by atoms with E-state index in [1.54, 1.807) is 0 Å². The molecule has 1 unspecified atom stereocenters. The zero-order chi connectivity index (χ0) is 11.4. The van der Waals surface area contributed by atoms with Crippen molar-refractivity contribution in [1.82, 2.24) is 9.78 Å². The molecule has 0 saturated carbocycles. The lowest BCUT2D eigenvalue weighted by molar-refractivity contribution is 0.551. The van der Waals surface area contributed by atoms with E-state index in [1.165, 1.54) is 0 Å². The number of rotatable bonds is 5. The van der Waals surface area contributed by atoms with Crippen LogP contribution >= 0.6 is 23.2 Å². The summed E-state index contributed by atoms with van der Waals surface area (Å²) in [6, 6.07) is 0. The molecule has 15 heavy (non-hydrogen) atoms. The molecule has 0 N–H and O–H groups in total. The van der Waals surface area contributed by atoms with E-state index in [9.17, 15) is 0 Å². The largest absolute Gasteiger partial charge is 0.268 e. The van der Waals surface area contributed by atoms with E-state index in [2.05, 4.69) is 18.9 Å². The van der Waals surface area contributed by atoms with Gasteiger partial charge in [-0.2, -0.15) is 5.10 Å². The molecular weight excluding hydrogens is 231 g/mol. The lowest BCUT2D eigenvalue weighted by Crippen LogP contribution is -2.06. The van der Waals surface area contributed by atoms with Gasteiger partial charge in [0.1, 0.15) is 0 Å². The summed E-state index contributed by atoms with van der Waals surface area (Å²) in [6.45, 7) is 7.05. The van der Waals surface area contributed by atoms with Gasteiger partial charge in [0.2, 0.25) is 0 Å². The number of nitrogens with zero attached hydrogens (tertiary/aromatic N) is 2. The third kappa shape index (κ3) is 3.12. The molecule has 0 fully saturated rings. The Labute approximate surface area is 102 Å². The van der Waals surface area contributed by atoms with Crippen LogP contribution in [0.3, 0.4) is 0 Å². The van der Waals surface area contributed by atoms with Crippen LogP contribution in [0.25, 0.3) is 0 Å². The van der Waals surface area contributed by atoms with Crippen molar-refractivity contribution in [3.63, 3.8) is 0 Å². The summed E-state index contributed by atoms with van der Waals surface area (Å²) in [5.41, 5.74) is 2.07. The van der Waals surface area contributed by atoms with Gasteiger partial charge in [-0.25, -0.2) is 0 Å². The van der Waals surface area contributed by atoms with E-state index in [0.717, 1.165) is 35.8 Å². The van der Waals surface area contributed by atoms with Crippen LogP contribution in [-0.4, -0.2) is 15.7 Å². The van der Waals surface area contributed by atoms with Crippen LogP contribution in [0.4, 0.5) is 0 Å². The quantitative estimate of drug-likeness (QED) is 0.728. The summed E-state index contributed by atoms with van der Waals surface area (Å²) >= 11 is 12.0. The maximum Gasteiger partial charge on any atom is 0.0847 e. The average Bonchev–Trinajstić information content (AvgIpc) is 2.52. The lowest BCUT2D eigenvalue weighted by Gasteiger charge is -2.08. The van der Waals surface area contributed by atoms with Gasteiger partial charge in [0.15, 0.2) is 0 Å². The van der Waals surface area contributed by atoms with E-state index < -0.39 is 0 Å². The van der Waals surface area contributed by atoms with Crippen LogP contribution in [-0.2, 0) is 13.0 Å². The van der Waals surface area contributed by atoms with E-state index in [4.69, 9.17) is 23.2 Å². The first-order chi connectivity index (χ1) is 7.10. The highest BCUT2D eigenvalue weighted by atomic mass is 35.5. The van der Waals surface area contributed by atoms with Crippen molar-refractivity contribution in [1.29, 1.82) is 0 Å². The van der Waals surface area contributed by atoms with E-state index >= 15 is 0 Å². The van der Waals surface area contributed by atoms with E-state index in [1.807, 2.05) is 11.6 Å². The number of aromatic nitrogens is 2. The fourth-order valence-corrected chi connectivity index (χ4v) is 1.95. The number of hydrogen-bond acceptors (Lipinski definition) is 1. The molecule has 1 atom stereocenters. The average molecular weight is 249 g/mol. The van der Waals surface area contributed by atoms with Crippen molar-refractivity contribution in [3.8, 4) is 0 Å². The number of alkyl halides is 1. The third-order valence-corrected chi connectivity index (χ3v) is 3.61. The molecule has 0 saturated heterocycles. The maximum absolute atomic E-state index is 6.20. The van der Waals surface area contributed by atoms with Crippen LogP contribution < -0.4 is 0 Å². The molecule has 0 spiro atoms. The number of aryl methyl sites for hydroxylation is 2. The standard InChI is InChI=1S/C11H18Cl2N2/c1-4-15-10(6-5-8(2)7-12)11(13)9(3)14-15/h8H,4-7H2,1-3H3. The maximum atomic E-state index is 6.20. The predicted octanol–water partition coefficient (Wildman–Crippen LogP) is 3.67. The molecule has 0 aliphatic rings. The van der Waals surface area contributed by atoms with Gasteiger partial charge >= 0.3 is 0 Å². The van der Waals surface area contributed by atoms with Gasteiger partial charge in [-0.1, -0.05) is 18.5 Å². The monoisotopic (exact) mass is 248 g/mol. The van der Waals surface area contributed by atoms with Crippen molar-refractivity contribution in [2.24, 2.45) is 5.92 Å². The first-order valence-corrected chi connectivity index (χ1v) is 6.29. The van der Waals surface area contributed by atoms with Crippen LogP contribution in [0.1, 0.15) is 31.7 Å². The Morgan fingerprint density at radius 1 is 1.47 bits per heavy atom. The summed E-state index contributed by atoms with van der Waals surface area (Å²) < 4.78 is 1.98. The fraction of sp³-hybridized carbons (Fsp3) is 0.727. The van der Waals surface area contributed by atoms with Gasteiger partial charge in [0, 0.05) is 12.4 Å². The first-order valence-electron chi connectivity index (χ1n) is 5.37. The molecule has 4 heteroatoms. The molecule has 2 nitrogen and oxygen atoms in total. The second-order valence-corrected chi connectivity index (χ2v) is 4.65. The highest BCUT2D eigenvalue weighted by Crippen LogP contribution is 2.23. The lowest BCUT2D eigenvalue weighted by atomic mass is 10.1. The predicted molar refractivity (Wildman–Crippen MR) is 65.9 cm³/mol. The first kappa shape index (κ1) is 12.9. The van der Waals surface area contributed by atoms with E-state index in [-0.39, 0.29) is 0 Å². The summed E-state index contributed by atoms with van der Waals surface area (Å²) in [4.78, 5) is 0. The van der Waals surface area contributed by atoms with Crippen molar-refractivity contribution >= 4 is 23.2 Å². The minimum Gasteiger partial charge on any atom is -0.268 e. The van der Waals surface area contributed by atoms with Crippen molar-refractivity contribution < 1.29 is 0 Å². The summed E-state index contributed by atoms with van der Waals surface area (Å²) in [6.07, 6.45) is 2.02. The molecule has 0 bridgehead atoms. The molecule has 0 aliphatic carbocycles. The van der Waals surface area contributed by atoms with Gasteiger partial charge in [0.25, 0.3) is 0 Å². The van der Waals surface area contributed by atoms with Gasteiger partial charge < -0.3 is 0 Å². The summed E-state index contributed by atoms with van der Waals surface area (Å²) in [7, 11) is 0. The van der Waals surface area contributed by atoms with Crippen LogP contribution in [0.15, 0.2) is 0 Å².